The number of hydrogen-bond donors (Lipinski definition) is 1. The molecule has 1 aromatic heterocycles. The zero-order valence-electron chi connectivity index (χ0n) is 16.2. The maximum Gasteiger partial charge on any atom is 0.271 e. The molecule has 0 bridgehead atoms. The summed E-state index contributed by atoms with van der Waals surface area (Å²) < 4.78 is 1.96. The van der Waals surface area contributed by atoms with Gasteiger partial charge in [-0.3, -0.25) is 9.48 Å². The fourth-order valence-electron chi connectivity index (χ4n) is 2.83. The minimum atomic E-state index is -0.223. The van der Waals surface area contributed by atoms with Gasteiger partial charge < -0.3 is 0 Å². The second-order valence-electron chi connectivity index (χ2n) is 6.79. The average Bonchev–Trinajstić information content (AvgIpc) is 2.97. The van der Waals surface area contributed by atoms with Crippen molar-refractivity contribution in [3.05, 3.63) is 88.2 Å². The Balaban J connectivity index is 1.64. The molecule has 3 aromatic rings. The van der Waals surface area contributed by atoms with Crippen molar-refractivity contribution in [3.8, 4) is 0 Å². The van der Waals surface area contributed by atoms with Crippen molar-refractivity contribution in [1.29, 1.82) is 0 Å². The first-order valence-corrected chi connectivity index (χ1v) is 8.94. The van der Waals surface area contributed by atoms with Gasteiger partial charge in [-0.2, -0.15) is 10.2 Å². The molecule has 0 aliphatic rings. The predicted molar refractivity (Wildman–Crippen MR) is 108 cm³/mol. The molecule has 0 radical (unpaired) electrons. The third-order valence-corrected chi connectivity index (χ3v) is 4.45. The van der Waals surface area contributed by atoms with Crippen LogP contribution in [0.2, 0.25) is 0 Å². The van der Waals surface area contributed by atoms with Gasteiger partial charge in [0, 0.05) is 11.3 Å². The number of amides is 1. The molecule has 0 aliphatic carbocycles. The highest BCUT2D eigenvalue weighted by molar-refractivity contribution is 6.00. The topological polar surface area (TPSA) is 59.3 Å². The van der Waals surface area contributed by atoms with E-state index in [4.69, 9.17) is 0 Å². The van der Waals surface area contributed by atoms with E-state index in [2.05, 4.69) is 21.7 Å². The summed E-state index contributed by atoms with van der Waals surface area (Å²) in [4.78, 5) is 12.3. The van der Waals surface area contributed by atoms with Crippen LogP contribution in [0.25, 0.3) is 0 Å². The number of carbonyl (C=O) groups is 1. The fraction of sp³-hybridized carbons (Fsp3) is 0.227. The number of rotatable bonds is 5. The minimum absolute atomic E-state index is 0.223. The van der Waals surface area contributed by atoms with Crippen LogP contribution in [0.5, 0.6) is 0 Å². The maximum atomic E-state index is 12.3. The molecule has 0 fully saturated rings. The Kier molecular flexibility index (Phi) is 5.50. The van der Waals surface area contributed by atoms with E-state index in [0.29, 0.717) is 12.1 Å². The molecule has 27 heavy (non-hydrogen) atoms. The molecule has 5 heteroatoms. The third-order valence-electron chi connectivity index (χ3n) is 4.45. The van der Waals surface area contributed by atoms with Crippen molar-refractivity contribution in [3.63, 3.8) is 0 Å². The molecular formula is C22H24N4O. The molecule has 2 aromatic carbocycles. The van der Waals surface area contributed by atoms with Crippen LogP contribution in [-0.2, 0) is 6.54 Å². The second kappa shape index (κ2) is 7.99. The number of carbonyl (C=O) groups excluding carboxylic acids is 1. The van der Waals surface area contributed by atoms with Crippen LogP contribution in [0.1, 0.15) is 45.4 Å². The van der Waals surface area contributed by atoms with Gasteiger partial charge >= 0.3 is 0 Å². The van der Waals surface area contributed by atoms with Gasteiger partial charge in [0.2, 0.25) is 0 Å². The van der Waals surface area contributed by atoms with Gasteiger partial charge in [0.25, 0.3) is 5.91 Å². The van der Waals surface area contributed by atoms with E-state index in [1.54, 1.807) is 0 Å². The van der Waals surface area contributed by atoms with E-state index >= 15 is 0 Å². The normalized spacial score (nSPS) is 11.5. The predicted octanol–water partition coefficient (Wildman–Crippen LogP) is 4.01. The molecule has 0 saturated carbocycles. The van der Waals surface area contributed by atoms with Gasteiger partial charge in [0.15, 0.2) is 0 Å². The lowest BCUT2D eigenvalue weighted by molar-refractivity contribution is 0.0955. The van der Waals surface area contributed by atoms with Crippen LogP contribution in [0.3, 0.4) is 0 Å². The summed E-state index contributed by atoms with van der Waals surface area (Å²) in [5.41, 5.74) is 9.37. The van der Waals surface area contributed by atoms with E-state index in [0.717, 1.165) is 28.2 Å². The monoisotopic (exact) mass is 360 g/mol. The molecule has 1 heterocycles. The van der Waals surface area contributed by atoms with Crippen LogP contribution in [0.15, 0.2) is 59.7 Å². The molecule has 3 rings (SSSR count). The standard InChI is InChI=1S/C22H24N4O/c1-15-5-9-20(10-6-15)18(4)23-24-22(27)21-11-7-19(8-12-21)14-26-17(3)13-16(2)25-26/h5-13H,14H2,1-4H3,(H,24,27)/b23-18+. The minimum Gasteiger partial charge on any atom is -0.267 e. The molecular weight excluding hydrogens is 336 g/mol. The van der Waals surface area contributed by atoms with Crippen molar-refractivity contribution in [2.45, 2.75) is 34.2 Å². The molecule has 1 amide bonds. The fourth-order valence-corrected chi connectivity index (χ4v) is 2.83. The highest BCUT2D eigenvalue weighted by Gasteiger charge is 2.07. The quantitative estimate of drug-likeness (QED) is 0.552. The Hall–Kier alpha value is -3.21. The number of benzene rings is 2. The largest absolute Gasteiger partial charge is 0.271 e. The SMILES string of the molecule is C/C(=N\NC(=O)c1ccc(Cn2nc(C)cc2C)cc1)c1ccc(C)cc1. The zero-order valence-corrected chi connectivity index (χ0v) is 16.2. The highest BCUT2D eigenvalue weighted by atomic mass is 16.2. The van der Waals surface area contributed by atoms with Gasteiger partial charge in [-0.05, 0) is 57.0 Å². The van der Waals surface area contributed by atoms with Gasteiger partial charge in [-0.1, -0.05) is 42.0 Å². The zero-order chi connectivity index (χ0) is 19.4. The summed E-state index contributed by atoms with van der Waals surface area (Å²) in [5, 5.41) is 8.67. The smallest absolute Gasteiger partial charge is 0.267 e. The van der Waals surface area contributed by atoms with Crippen molar-refractivity contribution < 1.29 is 4.79 Å². The Morgan fingerprint density at radius 1 is 1.00 bits per heavy atom. The van der Waals surface area contributed by atoms with Gasteiger partial charge in [0.05, 0.1) is 18.0 Å². The number of aromatic nitrogens is 2. The summed E-state index contributed by atoms with van der Waals surface area (Å²) in [5.74, 6) is -0.223. The lowest BCUT2D eigenvalue weighted by atomic mass is 10.1. The van der Waals surface area contributed by atoms with Crippen LogP contribution in [0.4, 0.5) is 0 Å². The van der Waals surface area contributed by atoms with Crippen molar-refractivity contribution in [1.82, 2.24) is 15.2 Å². The molecule has 0 atom stereocenters. The third kappa shape index (κ3) is 4.70. The first-order valence-electron chi connectivity index (χ1n) is 8.94. The van der Waals surface area contributed by atoms with E-state index in [-0.39, 0.29) is 5.91 Å². The first kappa shape index (κ1) is 18.6. The Morgan fingerprint density at radius 2 is 1.63 bits per heavy atom. The molecule has 0 unspecified atom stereocenters. The summed E-state index contributed by atoms with van der Waals surface area (Å²) in [6, 6.07) is 17.6. The summed E-state index contributed by atoms with van der Waals surface area (Å²) >= 11 is 0. The van der Waals surface area contributed by atoms with Gasteiger partial charge in [-0.25, -0.2) is 5.43 Å². The Bertz CT molecular complexity index is 967. The number of hydrazone groups is 1. The van der Waals surface area contributed by atoms with Gasteiger partial charge in [-0.15, -0.1) is 0 Å². The Labute approximate surface area is 159 Å². The van der Waals surface area contributed by atoms with Crippen molar-refractivity contribution in [2.75, 3.05) is 0 Å². The van der Waals surface area contributed by atoms with Crippen molar-refractivity contribution in [2.24, 2.45) is 5.10 Å². The highest BCUT2D eigenvalue weighted by Crippen LogP contribution is 2.10. The van der Waals surface area contributed by atoms with E-state index in [9.17, 15) is 4.79 Å². The molecule has 1 N–H and O–H groups in total. The van der Waals surface area contributed by atoms with Crippen LogP contribution >= 0.6 is 0 Å². The van der Waals surface area contributed by atoms with Gasteiger partial charge in [0.1, 0.15) is 0 Å². The van der Waals surface area contributed by atoms with E-state index in [1.807, 2.05) is 80.9 Å². The number of nitrogens with zero attached hydrogens (tertiary/aromatic N) is 3. The van der Waals surface area contributed by atoms with E-state index < -0.39 is 0 Å². The lowest BCUT2D eigenvalue weighted by Crippen LogP contribution is -2.19. The van der Waals surface area contributed by atoms with Crippen LogP contribution in [0, 0.1) is 20.8 Å². The number of aryl methyl sites for hydroxylation is 3. The maximum absolute atomic E-state index is 12.3. The first-order chi connectivity index (χ1) is 12.9. The van der Waals surface area contributed by atoms with Crippen LogP contribution in [-0.4, -0.2) is 21.4 Å². The number of hydrogen-bond acceptors (Lipinski definition) is 3. The molecule has 0 spiro atoms. The molecule has 0 aliphatic heterocycles. The van der Waals surface area contributed by atoms with E-state index in [1.165, 1.54) is 5.56 Å². The summed E-state index contributed by atoms with van der Waals surface area (Å²) in [6.45, 7) is 8.62. The summed E-state index contributed by atoms with van der Waals surface area (Å²) in [7, 11) is 0. The summed E-state index contributed by atoms with van der Waals surface area (Å²) in [6.07, 6.45) is 0. The molecule has 138 valence electrons. The number of nitrogens with one attached hydrogen (secondary N) is 1. The molecule has 0 saturated heterocycles. The van der Waals surface area contributed by atoms with Crippen molar-refractivity contribution >= 4 is 11.6 Å². The Morgan fingerprint density at radius 3 is 2.22 bits per heavy atom. The average molecular weight is 360 g/mol. The molecule has 5 nitrogen and oxygen atoms in total. The lowest BCUT2D eigenvalue weighted by Gasteiger charge is -2.06. The second-order valence-corrected chi connectivity index (χ2v) is 6.79. The van der Waals surface area contributed by atoms with Crippen LogP contribution < -0.4 is 5.43 Å².